The highest BCUT2D eigenvalue weighted by molar-refractivity contribution is 8.00. The molecule has 1 aliphatic rings. The number of carbonyl (C=O) groups excluding carboxylic acids is 1. The number of thioether (sulfide) groups is 1. The Bertz CT molecular complexity index is 1350. The van der Waals surface area contributed by atoms with Crippen LogP contribution in [-0.2, 0) is 16.0 Å². The predicted octanol–water partition coefficient (Wildman–Crippen LogP) is 6.65. The minimum absolute atomic E-state index is 0.00237. The minimum atomic E-state index is -3.05. The lowest BCUT2D eigenvalue weighted by Crippen LogP contribution is -2.25. The highest BCUT2D eigenvalue weighted by atomic mass is 35.5. The summed E-state index contributed by atoms with van der Waals surface area (Å²) in [5.41, 5.74) is 0.812. The second-order valence-electron chi connectivity index (χ2n) is 9.12. The number of hydrogen-bond acceptors (Lipinski definition) is 8. The van der Waals surface area contributed by atoms with Crippen LogP contribution in [0.15, 0.2) is 53.7 Å². The first kappa shape index (κ1) is 30.8. The number of aromatic nitrogens is 1. The summed E-state index contributed by atoms with van der Waals surface area (Å²) in [6, 6.07) is 9.58. The molecule has 0 saturated heterocycles. The smallest absolute Gasteiger partial charge is 0.387 e. The van der Waals surface area contributed by atoms with Crippen molar-refractivity contribution in [3.05, 3.63) is 75.2 Å². The van der Waals surface area contributed by atoms with Gasteiger partial charge in [-0.3, -0.25) is 4.79 Å². The van der Waals surface area contributed by atoms with Crippen molar-refractivity contribution in [2.45, 2.75) is 36.9 Å². The van der Waals surface area contributed by atoms with Crippen LogP contribution in [0, 0.1) is 11.1 Å². The predicted molar refractivity (Wildman–Crippen MR) is 150 cm³/mol. The Hall–Kier alpha value is -3.15. The molecule has 0 N–H and O–H groups in total. The topological polar surface area (TPSA) is 90.2 Å². The molecule has 1 saturated carbocycles. The number of methoxy groups -OCH3 is 2. The molecule has 0 bridgehead atoms. The molecule has 41 heavy (non-hydrogen) atoms. The van der Waals surface area contributed by atoms with Crippen LogP contribution in [-0.4, -0.2) is 39.2 Å². The molecule has 0 spiro atoms. The number of carbonyl (C=O) groups is 1. The molecule has 1 aliphatic carbocycles. The number of benzene rings is 2. The van der Waals surface area contributed by atoms with Gasteiger partial charge in [0.15, 0.2) is 35.4 Å². The van der Waals surface area contributed by atoms with E-state index in [1.165, 1.54) is 44.2 Å². The van der Waals surface area contributed by atoms with Gasteiger partial charge in [-0.2, -0.15) is 13.5 Å². The second kappa shape index (κ2) is 14.2. The van der Waals surface area contributed by atoms with Crippen LogP contribution in [0.5, 0.6) is 23.0 Å². The number of alkyl halides is 2. The maximum atomic E-state index is 13.0. The van der Waals surface area contributed by atoms with Gasteiger partial charge in [0.2, 0.25) is 0 Å². The van der Waals surface area contributed by atoms with Gasteiger partial charge in [0.1, 0.15) is 16.1 Å². The van der Waals surface area contributed by atoms with Gasteiger partial charge in [-0.1, -0.05) is 29.3 Å². The molecule has 3 aromatic rings. The molecule has 1 aromatic heterocycles. The summed E-state index contributed by atoms with van der Waals surface area (Å²) in [6.45, 7) is -2.71. The SMILES string of the molecule is COc1ccc(SCC(=O)OC(Cc2c(Cl)c[n+]([O-])cc2Cl)c2ccc(OC(F)F)c(OCC3CC3)c2)cc1OC. The highest BCUT2D eigenvalue weighted by Gasteiger charge is 2.26. The third-order valence-electron chi connectivity index (χ3n) is 6.16. The van der Waals surface area contributed by atoms with Crippen molar-refractivity contribution in [3.8, 4) is 23.0 Å². The Morgan fingerprint density at radius 3 is 2.34 bits per heavy atom. The summed E-state index contributed by atoms with van der Waals surface area (Å²) in [4.78, 5) is 13.8. The van der Waals surface area contributed by atoms with Gasteiger partial charge in [0, 0.05) is 16.9 Å². The molecule has 1 heterocycles. The van der Waals surface area contributed by atoms with E-state index in [-0.39, 0.29) is 33.7 Å². The van der Waals surface area contributed by atoms with Gasteiger partial charge in [0.25, 0.3) is 0 Å². The van der Waals surface area contributed by atoms with E-state index in [4.69, 9.17) is 42.1 Å². The first-order valence-corrected chi connectivity index (χ1v) is 14.2. The van der Waals surface area contributed by atoms with Crippen molar-refractivity contribution in [1.29, 1.82) is 0 Å². The average Bonchev–Trinajstić information content (AvgIpc) is 3.76. The molecule has 0 aliphatic heterocycles. The monoisotopic (exact) mass is 629 g/mol. The Balaban J connectivity index is 1.58. The first-order valence-electron chi connectivity index (χ1n) is 12.5. The standard InChI is InChI=1S/C28H27Cl2F2NO7S/c1-36-22-8-6-18(10-25(22)37-2)41-15-27(34)39-24(11-19-20(29)12-33(35)13-21(19)30)17-5-7-23(40-28(31)32)26(9-17)38-14-16-3-4-16/h5-10,12-13,16,24,28H,3-4,11,14-15H2,1-2H3. The quantitative estimate of drug-likeness (QED) is 0.0847. The third-order valence-corrected chi connectivity index (χ3v) is 7.78. The van der Waals surface area contributed by atoms with E-state index < -0.39 is 18.7 Å². The molecule has 4 rings (SSSR count). The van der Waals surface area contributed by atoms with E-state index in [1.807, 2.05) is 0 Å². The van der Waals surface area contributed by atoms with E-state index >= 15 is 0 Å². The van der Waals surface area contributed by atoms with Crippen LogP contribution < -0.4 is 23.7 Å². The number of pyridine rings is 1. The lowest BCUT2D eigenvalue weighted by atomic mass is 10.0. The fourth-order valence-corrected chi connectivity index (χ4v) is 5.21. The van der Waals surface area contributed by atoms with Crippen molar-refractivity contribution < 1.29 is 42.0 Å². The maximum absolute atomic E-state index is 13.0. The van der Waals surface area contributed by atoms with Gasteiger partial charge in [-0.25, -0.2) is 0 Å². The van der Waals surface area contributed by atoms with Crippen LogP contribution in [0.2, 0.25) is 10.0 Å². The summed E-state index contributed by atoms with van der Waals surface area (Å²) < 4.78 is 53.4. The second-order valence-corrected chi connectivity index (χ2v) is 11.0. The zero-order chi connectivity index (χ0) is 29.5. The first-order chi connectivity index (χ1) is 19.7. The summed E-state index contributed by atoms with van der Waals surface area (Å²) in [7, 11) is 3.04. The molecule has 13 heteroatoms. The fourth-order valence-electron chi connectivity index (χ4n) is 3.90. The molecule has 0 radical (unpaired) electrons. The molecule has 2 aromatic carbocycles. The van der Waals surface area contributed by atoms with E-state index in [2.05, 4.69) is 4.74 Å². The van der Waals surface area contributed by atoms with Crippen molar-refractivity contribution in [2.24, 2.45) is 5.92 Å². The van der Waals surface area contributed by atoms with Crippen molar-refractivity contribution in [2.75, 3.05) is 26.6 Å². The van der Waals surface area contributed by atoms with Crippen LogP contribution >= 0.6 is 35.0 Å². The number of rotatable bonds is 14. The highest BCUT2D eigenvalue weighted by Crippen LogP contribution is 2.38. The Morgan fingerprint density at radius 1 is 1.02 bits per heavy atom. The molecular weight excluding hydrogens is 603 g/mol. The Morgan fingerprint density at radius 2 is 1.71 bits per heavy atom. The Kier molecular flexibility index (Phi) is 10.6. The van der Waals surface area contributed by atoms with E-state index in [0.29, 0.717) is 39.9 Å². The van der Waals surface area contributed by atoms with E-state index in [1.54, 1.807) is 18.2 Å². The third kappa shape index (κ3) is 8.67. The zero-order valence-electron chi connectivity index (χ0n) is 22.1. The zero-order valence-corrected chi connectivity index (χ0v) is 24.4. The molecule has 1 fully saturated rings. The lowest BCUT2D eigenvalue weighted by molar-refractivity contribution is -0.605. The molecule has 1 atom stereocenters. The molecule has 8 nitrogen and oxygen atoms in total. The van der Waals surface area contributed by atoms with E-state index in [0.717, 1.165) is 30.1 Å². The van der Waals surface area contributed by atoms with Crippen LogP contribution in [0.4, 0.5) is 8.78 Å². The van der Waals surface area contributed by atoms with Crippen molar-refractivity contribution in [3.63, 3.8) is 0 Å². The molecule has 1 unspecified atom stereocenters. The normalized spacial score (nSPS) is 13.5. The summed E-state index contributed by atoms with van der Waals surface area (Å²) >= 11 is 13.8. The molecule has 0 amide bonds. The van der Waals surface area contributed by atoms with Crippen LogP contribution in [0.25, 0.3) is 0 Å². The Labute approximate surface area is 250 Å². The number of nitrogens with zero attached hydrogens (tertiary/aromatic N) is 1. The van der Waals surface area contributed by atoms with Gasteiger partial charge in [-0.15, -0.1) is 11.8 Å². The minimum Gasteiger partial charge on any atom is -0.619 e. The summed E-state index contributed by atoms with van der Waals surface area (Å²) in [5.74, 6) is 0.749. The van der Waals surface area contributed by atoms with E-state index in [9.17, 15) is 18.8 Å². The van der Waals surface area contributed by atoms with Gasteiger partial charge in [0.05, 0.1) is 26.6 Å². The number of esters is 1. The largest absolute Gasteiger partial charge is 0.619 e. The maximum Gasteiger partial charge on any atom is 0.387 e. The average molecular weight is 630 g/mol. The van der Waals surface area contributed by atoms with Crippen LogP contribution in [0.3, 0.4) is 0 Å². The fraction of sp³-hybridized carbons (Fsp3) is 0.357. The summed E-state index contributed by atoms with van der Waals surface area (Å²) in [6.07, 6.45) is 3.31. The summed E-state index contributed by atoms with van der Waals surface area (Å²) in [5, 5.41) is 11.9. The van der Waals surface area contributed by atoms with Crippen molar-refractivity contribution in [1.82, 2.24) is 0 Å². The van der Waals surface area contributed by atoms with Crippen molar-refractivity contribution >= 4 is 40.9 Å². The number of halogens is 4. The lowest BCUT2D eigenvalue weighted by Gasteiger charge is -2.21. The van der Waals surface area contributed by atoms with Gasteiger partial charge < -0.3 is 28.9 Å². The van der Waals surface area contributed by atoms with Gasteiger partial charge >= 0.3 is 12.6 Å². The molecular formula is C28H27Cl2F2NO7S. The van der Waals surface area contributed by atoms with Gasteiger partial charge in [-0.05, 0) is 54.7 Å². The number of ether oxygens (including phenoxy) is 5. The van der Waals surface area contributed by atoms with Crippen LogP contribution in [0.1, 0.15) is 30.1 Å². The number of hydrogen-bond donors (Lipinski definition) is 0. The molecule has 220 valence electrons.